The Morgan fingerprint density at radius 2 is 1.10 bits per heavy atom. The second kappa shape index (κ2) is 19.9. The number of ketones is 2. The zero-order chi connectivity index (χ0) is 50.8. The maximum absolute atomic E-state index is 13.4. The van der Waals surface area contributed by atoms with Crippen molar-refractivity contribution >= 4 is 68.6 Å². The van der Waals surface area contributed by atoms with Crippen LogP contribution in [0.4, 0.5) is 11.6 Å². The van der Waals surface area contributed by atoms with Gasteiger partial charge >= 0.3 is 0 Å². The van der Waals surface area contributed by atoms with E-state index in [1.807, 2.05) is 50.2 Å². The molecule has 0 bridgehead atoms. The molecule has 72 heavy (non-hydrogen) atoms. The first-order chi connectivity index (χ1) is 34.8. The van der Waals surface area contributed by atoms with Crippen LogP contribution in [0.25, 0.3) is 33.4 Å². The molecule has 6 aromatic heterocycles. The molecule has 0 saturated carbocycles. The van der Waals surface area contributed by atoms with Crippen LogP contribution in [0, 0.1) is 0 Å². The number of hydrogen-bond acceptors (Lipinski definition) is 14. The molecule has 6 N–H and O–H groups in total. The molecule has 0 radical (unpaired) electrons. The van der Waals surface area contributed by atoms with Gasteiger partial charge in [0.15, 0.2) is 11.6 Å². The van der Waals surface area contributed by atoms with Gasteiger partial charge in [-0.1, -0.05) is 36.4 Å². The number of nitrogen functional groups attached to an aromatic ring is 2. The molecule has 0 aliphatic carbocycles. The molecule has 0 unspecified atom stereocenters. The Bertz CT molecular complexity index is 3360. The van der Waals surface area contributed by atoms with E-state index in [4.69, 9.17) is 20.9 Å². The van der Waals surface area contributed by atoms with Crippen molar-refractivity contribution in [1.29, 1.82) is 0 Å². The smallest absolute Gasteiger partial charge is 0.295 e. The van der Waals surface area contributed by atoms with E-state index in [0.29, 0.717) is 80.8 Å². The van der Waals surface area contributed by atoms with Crippen LogP contribution in [0.3, 0.4) is 0 Å². The number of pyridine rings is 2. The first kappa shape index (κ1) is 47.7. The number of nitrogens with zero attached hydrogens (tertiary/aromatic N) is 10. The molecule has 4 amide bonds. The average Bonchev–Trinajstić information content (AvgIpc) is 4.25. The van der Waals surface area contributed by atoms with Crippen LogP contribution in [0.2, 0.25) is 0 Å². The number of H-pyrrole nitrogens is 2. The molecule has 22 heteroatoms. The first-order valence-electron chi connectivity index (χ1n) is 22.9. The number of methoxy groups -OCH3 is 2. The Morgan fingerprint density at radius 3 is 1.51 bits per heavy atom. The fraction of sp³-hybridized carbons (Fsp3) is 0.240. The van der Waals surface area contributed by atoms with E-state index < -0.39 is 23.4 Å². The molecule has 2 fully saturated rings. The molecule has 0 spiro atoms. The predicted octanol–water partition coefficient (Wildman–Crippen LogP) is 3.79. The minimum Gasteiger partial charge on any atom is -0.494 e. The van der Waals surface area contributed by atoms with E-state index in [1.54, 1.807) is 52.4 Å². The highest BCUT2D eigenvalue weighted by Crippen LogP contribution is 2.34. The van der Waals surface area contributed by atoms with Crippen LogP contribution >= 0.6 is 0 Å². The van der Waals surface area contributed by atoms with E-state index in [-0.39, 0.29) is 61.2 Å². The van der Waals surface area contributed by atoms with Crippen molar-refractivity contribution in [2.45, 2.75) is 25.9 Å². The summed E-state index contributed by atoms with van der Waals surface area (Å²) >= 11 is 0. The summed E-state index contributed by atoms with van der Waals surface area (Å²) in [4.78, 5) is 100. The molecule has 368 valence electrons. The number of ether oxygens (including phenoxy) is 2. The number of benzene rings is 2. The lowest BCUT2D eigenvalue weighted by Crippen LogP contribution is -2.56. The van der Waals surface area contributed by atoms with E-state index in [2.05, 4.69) is 30.1 Å². The number of Topliss-reactive ketones (excluding diaryl/α,β-unsaturated/α-hetero) is 2. The van der Waals surface area contributed by atoms with Gasteiger partial charge in [-0.05, 0) is 38.1 Å². The minimum atomic E-state index is -0.680. The Balaban J connectivity index is 0.000000178. The highest BCUT2D eigenvalue weighted by molar-refractivity contribution is 6.46. The molecule has 2 saturated heterocycles. The molecule has 10 rings (SSSR count). The van der Waals surface area contributed by atoms with Gasteiger partial charge in [0.05, 0.1) is 65.7 Å². The lowest BCUT2D eigenvalue weighted by Gasteiger charge is -2.39. The van der Waals surface area contributed by atoms with Crippen LogP contribution in [0.15, 0.2) is 110 Å². The third kappa shape index (κ3) is 8.91. The third-order valence-corrected chi connectivity index (χ3v) is 12.7. The maximum atomic E-state index is 13.4. The number of nitrogens with one attached hydrogen (secondary N) is 2. The van der Waals surface area contributed by atoms with Gasteiger partial charge in [-0.3, -0.25) is 28.8 Å². The zero-order valence-electron chi connectivity index (χ0n) is 39.7. The van der Waals surface area contributed by atoms with Gasteiger partial charge in [0.25, 0.3) is 35.2 Å². The van der Waals surface area contributed by atoms with E-state index in [1.165, 1.54) is 64.4 Å². The fourth-order valence-corrected chi connectivity index (χ4v) is 9.06. The van der Waals surface area contributed by atoms with Crippen molar-refractivity contribution < 1.29 is 38.2 Å². The lowest BCUT2D eigenvalue weighted by molar-refractivity contribution is -0.129. The van der Waals surface area contributed by atoms with Crippen molar-refractivity contribution in [2.24, 2.45) is 0 Å². The predicted molar refractivity (Wildman–Crippen MR) is 264 cm³/mol. The molecule has 2 aromatic carbocycles. The van der Waals surface area contributed by atoms with Crippen molar-refractivity contribution in [1.82, 2.24) is 59.1 Å². The molecule has 8 aromatic rings. The van der Waals surface area contributed by atoms with Crippen LogP contribution < -0.4 is 20.9 Å². The van der Waals surface area contributed by atoms with Crippen LogP contribution in [0.1, 0.15) is 55.3 Å². The minimum absolute atomic E-state index is 0.0952. The molecule has 2 aliphatic heterocycles. The Labute approximate surface area is 411 Å². The largest absolute Gasteiger partial charge is 0.494 e. The summed E-state index contributed by atoms with van der Waals surface area (Å²) in [5.74, 6) is -0.678. The average molecular weight is 975 g/mol. The van der Waals surface area contributed by atoms with Gasteiger partial charge in [0, 0.05) is 93.2 Å². The zero-order valence-corrected chi connectivity index (χ0v) is 39.7. The van der Waals surface area contributed by atoms with Gasteiger partial charge in [0.2, 0.25) is 0 Å². The number of aromatic nitrogens is 8. The molecular formula is C50H50N14O8. The van der Waals surface area contributed by atoms with Gasteiger partial charge in [-0.25, -0.2) is 14.6 Å². The number of nitrogens with two attached hydrogens (primary N) is 2. The lowest BCUT2D eigenvalue weighted by atomic mass is 10.1. The fourth-order valence-electron chi connectivity index (χ4n) is 9.06. The van der Waals surface area contributed by atoms with Crippen LogP contribution in [-0.2, 0) is 9.59 Å². The number of anilines is 2. The van der Waals surface area contributed by atoms with Gasteiger partial charge in [-0.15, -0.1) is 5.10 Å². The number of piperazine rings is 2. The van der Waals surface area contributed by atoms with Crippen molar-refractivity contribution in [3.8, 4) is 23.1 Å². The molecule has 2 atom stereocenters. The molecule has 2 aliphatic rings. The van der Waals surface area contributed by atoms with Crippen molar-refractivity contribution in [3.05, 3.63) is 132 Å². The number of carbonyl (C=O) groups excluding carboxylic acids is 6. The van der Waals surface area contributed by atoms with E-state index in [9.17, 15) is 28.8 Å². The number of amides is 4. The monoisotopic (exact) mass is 974 g/mol. The standard InChI is InChI=1S/2C25H25N7O4/c1-15-14-30(10-11-31(15)24(34)16-6-4-3-5-7-16)25(35)22(33)17-12-27-21-20(17)18(36-2)13-28-23(21)32-9-8-19(26)29-32;1-15-14-30(10-11-31(15)24(34)16-6-4-3-5-7-16)25(35)22(33)17-12-27-21-20(17)18(36-2)13-28-23(21)32-19(26)8-9-29-32/h3-9,12-13,15,27H,10-11,14H2,1-2H3,(H2,26,29);3-9,12-13,15,27H,10-11,14,26H2,1-2H3/t2*15-/m11/s1. The number of fused-ring (bicyclic) bond motifs is 2. The highest BCUT2D eigenvalue weighted by atomic mass is 16.5. The summed E-state index contributed by atoms with van der Waals surface area (Å²) < 4.78 is 13.8. The number of carbonyl (C=O) groups is 6. The Morgan fingerprint density at radius 1 is 0.625 bits per heavy atom. The maximum Gasteiger partial charge on any atom is 0.295 e. The molecule has 8 heterocycles. The summed E-state index contributed by atoms with van der Waals surface area (Å²) in [6, 6.07) is 20.8. The van der Waals surface area contributed by atoms with Crippen LogP contribution in [-0.4, -0.2) is 160 Å². The quantitative estimate of drug-likeness (QED) is 0.112. The Kier molecular flexibility index (Phi) is 13.2. The highest BCUT2D eigenvalue weighted by Gasteiger charge is 2.36. The summed E-state index contributed by atoms with van der Waals surface area (Å²) in [5.41, 5.74) is 14.2. The summed E-state index contributed by atoms with van der Waals surface area (Å²) in [5, 5.41) is 9.21. The Hall–Kier alpha value is -9.34. The van der Waals surface area contributed by atoms with Crippen LogP contribution in [0.5, 0.6) is 11.5 Å². The summed E-state index contributed by atoms with van der Waals surface area (Å²) in [7, 11) is 2.93. The van der Waals surface area contributed by atoms with E-state index in [0.717, 1.165) is 0 Å². The van der Waals surface area contributed by atoms with Crippen molar-refractivity contribution in [3.63, 3.8) is 0 Å². The normalized spacial score (nSPS) is 15.8. The van der Waals surface area contributed by atoms with E-state index >= 15 is 0 Å². The SMILES string of the molecule is COc1cnc(-n2ccc(N)n2)c2[nH]cc(C(=O)C(=O)N3CCN(C(=O)c4ccccc4)[C@H](C)C3)c12.COc1cnc(-n2nccc2N)c2[nH]cc(C(=O)C(=O)N3CCN(C(=O)c4ccccc4)[C@H](C)C3)c12. The number of hydrogen-bond donors (Lipinski definition) is 4. The topological polar surface area (TPSA) is 279 Å². The van der Waals surface area contributed by atoms with Gasteiger partial charge < -0.3 is 50.5 Å². The molecular weight excluding hydrogens is 925 g/mol. The van der Waals surface area contributed by atoms with Crippen molar-refractivity contribution in [2.75, 3.05) is 65.0 Å². The second-order valence-corrected chi connectivity index (χ2v) is 17.1. The summed E-state index contributed by atoms with van der Waals surface area (Å²) in [6.45, 7) is 5.41. The van der Waals surface area contributed by atoms with Gasteiger partial charge in [-0.2, -0.15) is 9.78 Å². The third-order valence-electron chi connectivity index (χ3n) is 12.7. The summed E-state index contributed by atoms with van der Waals surface area (Å²) in [6.07, 6.45) is 9.06. The van der Waals surface area contributed by atoms with Gasteiger partial charge in [0.1, 0.15) is 23.1 Å². The number of aromatic amines is 2. The molecule has 22 nitrogen and oxygen atoms in total. The first-order valence-corrected chi connectivity index (χ1v) is 22.9. The number of rotatable bonds is 10. The second-order valence-electron chi connectivity index (χ2n) is 17.1.